The number of nitrogens with zero attached hydrogens (tertiary/aromatic N) is 4. The minimum atomic E-state index is 0.111. The van der Waals surface area contributed by atoms with Gasteiger partial charge in [-0.25, -0.2) is 0 Å². The largest absolute Gasteiger partial charge is 0.379 e. The van der Waals surface area contributed by atoms with E-state index in [1.165, 1.54) is 0 Å². The fourth-order valence-corrected chi connectivity index (χ4v) is 2.18. The van der Waals surface area contributed by atoms with E-state index in [-0.39, 0.29) is 11.9 Å². The average Bonchev–Trinajstić information content (AvgIpc) is 2.48. The number of rotatable bonds is 5. The molecule has 2 rings (SSSR count). The summed E-state index contributed by atoms with van der Waals surface area (Å²) in [7, 11) is 1.85. The predicted octanol–water partition coefficient (Wildman–Crippen LogP) is 0.198. The van der Waals surface area contributed by atoms with E-state index in [0.717, 1.165) is 25.2 Å². The average molecular weight is 278 g/mol. The molecule has 0 bridgehead atoms. The summed E-state index contributed by atoms with van der Waals surface area (Å²) in [4.78, 5) is 24.5. The summed E-state index contributed by atoms with van der Waals surface area (Å²) in [5, 5.41) is 0. The standard InChI is InChI=1S/C14H22N4O2/c1-12(9-13-10-15-3-4-16-13)17(2)14(19)11-18-5-7-20-8-6-18/h3-4,10,12H,5-9,11H2,1-2H3. The lowest BCUT2D eigenvalue weighted by atomic mass is 10.1. The van der Waals surface area contributed by atoms with Crippen LogP contribution in [0.25, 0.3) is 0 Å². The van der Waals surface area contributed by atoms with Crippen molar-refractivity contribution >= 4 is 5.91 Å². The molecule has 1 aliphatic rings. The number of aromatic nitrogens is 2. The smallest absolute Gasteiger partial charge is 0.236 e. The summed E-state index contributed by atoms with van der Waals surface area (Å²) in [6, 6.07) is 0.111. The number of hydrogen-bond acceptors (Lipinski definition) is 5. The molecule has 1 saturated heterocycles. The highest BCUT2D eigenvalue weighted by Crippen LogP contribution is 2.06. The molecule has 1 aromatic rings. The van der Waals surface area contributed by atoms with Crippen LogP contribution in [0.3, 0.4) is 0 Å². The highest BCUT2D eigenvalue weighted by atomic mass is 16.5. The molecule has 1 amide bonds. The van der Waals surface area contributed by atoms with Crippen LogP contribution in [0.4, 0.5) is 0 Å². The van der Waals surface area contributed by atoms with Gasteiger partial charge in [-0.3, -0.25) is 19.7 Å². The van der Waals surface area contributed by atoms with Gasteiger partial charge in [0.25, 0.3) is 0 Å². The predicted molar refractivity (Wildman–Crippen MR) is 75.2 cm³/mol. The Bertz CT molecular complexity index is 420. The van der Waals surface area contributed by atoms with Crippen molar-refractivity contribution in [1.29, 1.82) is 0 Å². The van der Waals surface area contributed by atoms with Crippen molar-refractivity contribution in [3.8, 4) is 0 Å². The second-order valence-corrected chi connectivity index (χ2v) is 5.14. The zero-order chi connectivity index (χ0) is 14.4. The van der Waals surface area contributed by atoms with E-state index < -0.39 is 0 Å². The van der Waals surface area contributed by atoms with Crippen molar-refractivity contribution in [3.63, 3.8) is 0 Å². The Balaban J connectivity index is 1.82. The van der Waals surface area contributed by atoms with Crippen LogP contribution in [0.1, 0.15) is 12.6 Å². The molecule has 20 heavy (non-hydrogen) atoms. The molecular weight excluding hydrogens is 256 g/mol. The van der Waals surface area contributed by atoms with Crippen LogP contribution in [0.2, 0.25) is 0 Å². The maximum Gasteiger partial charge on any atom is 0.236 e. The maximum atomic E-state index is 12.3. The van der Waals surface area contributed by atoms with Crippen molar-refractivity contribution in [2.45, 2.75) is 19.4 Å². The molecule has 6 heteroatoms. The van der Waals surface area contributed by atoms with Gasteiger partial charge in [0, 0.05) is 51.2 Å². The van der Waals surface area contributed by atoms with Crippen LogP contribution in [0, 0.1) is 0 Å². The molecule has 1 unspecified atom stereocenters. The second-order valence-electron chi connectivity index (χ2n) is 5.14. The van der Waals surface area contributed by atoms with Crippen molar-refractivity contribution < 1.29 is 9.53 Å². The highest BCUT2D eigenvalue weighted by molar-refractivity contribution is 5.78. The van der Waals surface area contributed by atoms with Crippen molar-refractivity contribution in [3.05, 3.63) is 24.3 Å². The second kappa shape index (κ2) is 7.31. The molecule has 0 N–H and O–H groups in total. The first-order chi connectivity index (χ1) is 9.66. The molecule has 6 nitrogen and oxygen atoms in total. The van der Waals surface area contributed by atoms with Gasteiger partial charge in [-0.05, 0) is 6.92 Å². The molecule has 1 aliphatic heterocycles. The molecule has 2 heterocycles. The van der Waals surface area contributed by atoms with Crippen molar-refractivity contribution in [1.82, 2.24) is 19.8 Å². The maximum absolute atomic E-state index is 12.3. The first-order valence-electron chi connectivity index (χ1n) is 6.97. The monoisotopic (exact) mass is 278 g/mol. The fraction of sp³-hybridized carbons (Fsp3) is 0.643. The Labute approximate surface area is 119 Å². The first kappa shape index (κ1) is 14.9. The SMILES string of the molecule is CC(Cc1cnccn1)N(C)C(=O)CN1CCOCC1. The lowest BCUT2D eigenvalue weighted by molar-refractivity contribution is -0.133. The molecule has 0 spiro atoms. The van der Waals surface area contributed by atoms with Gasteiger partial charge >= 0.3 is 0 Å². The van der Waals surface area contributed by atoms with E-state index in [1.54, 1.807) is 23.5 Å². The van der Waals surface area contributed by atoms with Gasteiger partial charge in [0.1, 0.15) is 0 Å². The summed E-state index contributed by atoms with van der Waals surface area (Å²) in [5.41, 5.74) is 0.908. The molecule has 0 aliphatic carbocycles. The minimum absolute atomic E-state index is 0.111. The molecular formula is C14H22N4O2. The lowest BCUT2D eigenvalue weighted by Crippen LogP contribution is -2.46. The molecule has 1 fully saturated rings. The van der Waals surface area contributed by atoms with E-state index in [4.69, 9.17) is 4.74 Å². The Hall–Kier alpha value is -1.53. The van der Waals surface area contributed by atoms with Gasteiger partial charge in [0.05, 0.1) is 25.5 Å². The third-order valence-corrected chi connectivity index (χ3v) is 3.64. The Morgan fingerprint density at radius 2 is 2.20 bits per heavy atom. The Morgan fingerprint density at radius 3 is 2.85 bits per heavy atom. The Morgan fingerprint density at radius 1 is 1.45 bits per heavy atom. The summed E-state index contributed by atoms with van der Waals surface area (Å²) < 4.78 is 5.29. The highest BCUT2D eigenvalue weighted by Gasteiger charge is 2.20. The fourth-order valence-electron chi connectivity index (χ4n) is 2.18. The number of carbonyl (C=O) groups excluding carboxylic acids is 1. The van der Waals surface area contributed by atoms with E-state index >= 15 is 0 Å². The first-order valence-corrected chi connectivity index (χ1v) is 6.97. The number of carbonyl (C=O) groups is 1. The molecule has 1 atom stereocenters. The number of amides is 1. The van der Waals surface area contributed by atoms with E-state index in [1.807, 2.05) is 14.0 Å². The molecule has 0 radical (unpaired) electrons. The van der Waals surface area contributed by atoms with Crippen LogP contribution in [0.15, 0.2) is 18.6 Å². The van der Waals surface area contributed by atoms with Crippen LogP contribution in [-0.4, -0.2) is 71.6 Å². The third-order valence-electron chi connectivity index (χ3n) is 3.64. The van der Waals surface area contributed by atoms with Gasteiger partial charge < -0.3 is 9.64 Å². The quantitative estimate of drug-likeness (QED) is 0.770. The van der Waals surface area contributed by atoms with Crippen molar-refractivity contribution in [2.24, 2.45) is 0 Å². The van der Waals surface area contributed by atoms with Gasteiger partial charge in [-0.15, -0.1) is 0 Å². The summed E-state index contributed by atoms with van der Waals surface area (Å²) in [6.07, 6.45) is 5.80. The Kier molecular flexibility index (Phi) is 5.43. The van der Waals surface area contributed by atoms with Crippen LogP contribution >= 0.6 is 0 Å². The van der Waals surface area contributed by atoms with Crippen LogP contribution in [-0.2, 0) is 16.0 Å². The number of hydrogen-bond donors (Lipinski definition) is 0. The van der Waals surface area contributed by atoms with Gasteiger partial charge in [-0.1, -0.05) is 0 Å². The minimum Gasteiger partial charge on any atom is -0.379 e. The molecule has 1 aromatic heterocycles. The van der Waals surface area contributed by atoms with Crippen LogP contribution in [0.5, 0.6) is 0 Å². The van der Waals surface area contributed by atoms with Crippen molar-refractivity contribution in [2.75, 3.05) is 39.9 Å². The zero-order valence-electron chi connectivity index (χ0n) is 12.2. The molecule has 0 aromatic carbocycles. The van der Waals surface area contributed by atoms with Gasteiger partial charge in [0.15, 0.2) is 0 Å². The van der Waals surface area contributed by atoms with Gasteiger partial charge in [-0.2, -0.15) is 0 Å². The van der Waals surface area contributed by atoms with Gasteiger partial charge in [0.2, 0.25) is 5.91 Å². The number of ether oxygens (including phenoxy) is 1. The summed E-state index contributed by atoms with van der Waals surface area (Å²) in [6.45, 7) is 5.59. The molecule has 0 saturated carbocycles. The zero-order valence-corrected chi connectivity index (χ0v) is 12.2. The van der Waals surface area contributed by atoms with E-state index in [9.17, 15) is 4.79 Å². The third kappa shape index (κ3) is 4.25. The normalized spacial score (nSPS) is 17.7. The summed E-state index contributed by atoms with van der Waals surface area (Å²) in [5.74, 6) is 0.142. The topological polar surface area (TPSA) is 58.6 Å². The van der Waals surface area contributed by atoms with E-state index in [0.29, 0.717) is 19.8 Å². The summed E-state index contributed by atoms with van der Waals surface area (Å²) >= 11 is 0. The molecule has 110 valence electrons. The van der Waals surface area contributed by atoms with Crippen LogP contribution < -0.4 is 0 Å². The lowest BCUT2D eigenvalue weighted by Gasteiger charge is -2.30. The van der Waals surface area contributed by atoms with E-state index in [2.05, 4.69) is 14.9 Å². The number of morpholine rings is 1. The number of likely N-dealkylation sites (N-methyl/N-ethyl adjacent to an activating group) is 1.